The molecule has 0 spiro atoms. The first-order chi connectivity index (χ1) is 11.6. The Kier molecular flexibility index (Phi) is 6.20. The van der Waals surface area contributed by atoms with Gasteiger partial charge in [-0.2, -0.15) is 0 Å². The molecule has 2 amide bonds. The fraction of sp³-hybridized carbons (Fsp3) is 0.200. The van der Waals surface area contributed by atoms with Crippen molar-refractivity contribution < 1.29 is 18.0 Å². The Morgan fingerprint density at radius 1 is 1.24 bits per heavy atom. The number of hydrogen-bond acceptors (Lipinski definition) is 5. The molecule has 0 unspecified atom stereocenters. The van der Waals surface area contributed by atoms with E-state index >= 15 is 0 Å². The molecule has 0 saturated heterocycles. The number of hydrogen-bond donors (Lipinski definition) is 3. The minimum absolute atomic E-state index is 0.118. The zero-order valence-electron chi connectivity index (χ0n) is 13.4. The molecule has 0 aliphatic rings. The highest BCUT2D eigenvalue weighted by atomic mass is 79.9. The van der Waals surface area contributed by atoms with E-state index < -0.39 is 15.9 Å². The second-order valence-electron chi connectivity index (χ2n) is 5.23. The summed E-state index contributed by atoms with van der Waals surface area (Å²) in [5.41, 5.74) is 0.657. The van der Waals surface area contributed by atoms with Gasteiger partial charge in [0.05, 0.1) is 24.1 Å². The van der Waals surface area contributed by atoms with Gasteiger partial charge in [0.15, 0.2) is 0 Å². The predicted octanol–water partition coefficient (Wildman–Crippen LogP) is 2.77. The van der Waals surface area contributed by atoms with Crippen molar-refractivity contribution in [2.24, 2.45) is 0 Å². The third-order valence-corrected chi connectivity index (χ3v) is 5.21. The van der Waals surface area contributed by atoms with Gasteiger partial charge in [-0.05, 0) is 40.2 Å². The fourth-order valence-corrected chi connectivity index (χ4v) is 3.98. The summed E-state index contributed by atoms with van der Waals surface area (Å²) in [6, 6.07) is 6.26. The van der Waals surface area contributed by atoms with Gasteiger partial charge in [-0.1, -0.05) is 0 Å². The largest absolute Gasteiger partial charge is 0.347 e. The summed E-state index contributed by atoms with van der Waals surface area (Å²) in [7, 11) is -3.55. The zero-order chi connectivity index (χ0) is 18.6. The van der Waals surface area contributed by atoms with Gasteiger partial charge in [0.25, 0.3) is 5.91 Å². The molecule has 0 aliphatic carbocycles. The van der Waals surface area contributed by atoms with E-state index in [2.05, 4.69) is 31.3 Å². The number of rotatable bonds is 6. The third kappa shape index (κ3) is 6.15. The number of amides is 2. The monoisotopic (exact) mass is 445 g/mol. The first kappa shape index (κ1) is 19.4. The van der Waals surface area contributed by atoms with Crippen LogP contribution in [0.2, 0.25) is 0 Å². The molecule has 25 heavy (non-hydrogen) atoms. The van der Waals surface area contributed by atoms with Gasteiger partial charge >= 0.3 is 0 Å². The molecular formula is C15H16BrN3O4S2. The van der Waals surface area contributed by atoms with E-state index in [0.29, 0.717) is 12.2 Å². The van der Waals surface area contributed by atoms with E-state index in [1.54, 1.807) is 0 Å². The van der Waals surface area contributed by atoms with Gasteiger partial charge in [0, 0.05) is 27.3 Å². The average Bonchev–Trinajstić information content (AvgIpc) is 2.90. The van der Waals surface area contributed by atoms with Gasteiger partial charge in [0.1, 0.15) is 0 Å². The summed E-state index contributed by atoms with van der Waals surface area (Å²) in [5.74, 6) is -0.749. The molecule has 134 valence electrons. The standard InChI is InChI=1S/C15H16BrN3O4S2/c1-9(20)18-11-3-4-14(19-25(2,22)23)13(6-11)15(21)17-7-12-5-10(16)8-24-12/h3-6,8,19H,7H2,1-2H3,(H,17,21)(H,18,20). The summed E-state index contributed by atoms with van der Waals surface area (Å²) in [6.45, 7) is 1.65. The minimum Gasteiger partial charge on any atom is -0.347 e. The first-order valence-electron chi connectivity index (χ1n) is 7.04. The molecule has 0 saturated carbocycles. The highest BCUT2D eigenvalue weighted by Crippen LogP contribution is 2.23. The number of carbonyl (C=O) groups is 2. The molecule has 1 aromatic heterocycles. The normalized spacial score (nSPS) is 11.0. The molecule has 1 aromatic carbocycles. The van der Waals surface area contributed by atoms with Crippen molar-refractivity contribution in [2.75, 3.05) is 16.3 Å². The maximum atomic E-state index is 12.5. The van der Waals surface area contributed by atoms with Crippen molar-refractivity contribution in [3.8, 4) is 0 Å². The number of anilines is 2. The number of thiophene rings is 1. The van der Waals surface area contributed by atoms with Gasteiger partial charge in [-0.15, -0.1) is 11.3 Å². The summed E-state index contributed by atoms with van der Waals surface area (Å²) < 4.78 is 26.2. The van der Waals surface area contributed by atoms with Crippen molar-refractivity contribution in [2.45, 2.75) is 13.5 Å². The number of nitrogens with one attached hydrogen (secondary N) is 3. The Hall–Kier alpha value is -1.91. The highest BCUT2D eigenvalue weighted by Gasteiger charge is 2.16. The molecule has 0 fully saturated rings. The van der Waals surface area contributed by atoms with Crippen LogP contribution in [0.4, 0.5) is 11.4 Å². The molecule has 0 atom stereocenters. The Bertz CT molecular complexity index is 909. The van der Waals surface area contributed by atoms with Crippen LogP contribution in [-0.4, -0.2) is 26.5 Å². The van der Waals surface area contributed by atoms with Crippen LogP contribution in [0.25, 0.3) is 0 Å². The quantitative estimate of drug-likeness (QED) is 0.635. The molecular weight excluding hydrogens is 430 g/mol. The summed E-state index contributed by atoms with van der Waals surface area (Å²) >= 11 is 4.82. The molecule has 10 heteroatoms. The van der Waals surface area contributed by atoms with Crippen molar-refractivity contribution in [3.05, 3.63) is 44.6 Å². The van der Waals surface area contributed by atoms with Gasteiger partial charge < -0.3 is 10.6 Å². The van der Waals surface area contributed by atoms with Gasteiger partial charge in [0.2, 0.25) is 15.9 Å². The van der Waals surface area contributed by atoms with E-state index in [1.165, 1.54) is 36.5 Å². The first-order valence-corrected chi connectivity index (χ1v) is 10.6. The second kappa shape index (κ2) is 7.98. The van der Waals surface area contributed by atoms with E-state index in [9.17, 15) is 18.0 Å². The van der Waals surface area contributed by atoms with Gasteiger partial charge in [-0.3, -0.25) is 14.3 Å². The van der Waals surface area contributed by atoms with E-state index in [0.717, 1.165) is 15.6 Å². The van der Waals surface area contributed by atoms with Crippen LogP contribution in [0.1, 0.15) is 22.2 Å². The lowest BCUT2D eigenvalue weighted by Crippen LogP contribution is -2.24. The number of carbonyl (C=O) groups excluding carboxylic acids is 2. The molecule has 1 heterocycles. The maximum Gasteiger partial charge on any atom is 0.253 e. The van der Waals surface area contributed by atoms with Crippen molar-refractivity contribution >= 4 is 60.5 Å². The lowest BCUT2D eigenvalue weighted by Gasteiger charge is -2.13. The highest BCUT2D eigenvalue weighted by molar-refractivity contribution is 9.10. The topological polar surface area (TPSA) is 104 Å². The van der Waals surface area contributed by atoms with Crippen LogP contribution in [0.15, 0.2) is 34.1 Å². The number of halogens is 1. The van der Waals surface area contributed by atoms with E-state index in [-0.39, 0.29) is 17.2 Å². The molecule has 2 aromatic rings. The molecule has 2 rings (SSSR count). The third-order valence-electron chi connectivity index (χ3n) is 2.92. The van der Waals surface area contributed by atoms with Crippen LogP contribution >= 0.6 is 27.3 Å². The zero-order valence-corrected chi connectivity index (χ0v) is 16.6. The lowest BCUT2D eigenvalue weighted by molar-refractivity contribution is -0.114. The van der Waals surface area contributed by atoms with Gasteiger partial charge in [-0.25, -0.2) is 8.42 Å². The Morgan fingerprint density at radius 2 is 1.96 bits per heavy atom. The average molecular weight is 446 g/mol. The molecule has 0 aliphatic heterocycles. The van der Waals surface area contributed by atoms with Crippen LogP contribution in [0, 0.1) is 0 Å². The van der Waals surface area contributed by atoms with Crippen molar-refractivity contribution in [3.63, 3.8) is 0 Å². The Balaban J connectivity index is 2.26. The fourth-order valence-electron chi connectivity index (χ4n) is 2.01. The van der Waals surface area contributed by atoms with Crippen LogP contribution in [0.5, 0.6) is 0 Å². The van der Waals surface area contributed by atoms with Crippen LogP contribution < -0.4 is 15.4 Å². The number of sulfonamides is 1. The second-order valence-corrected chi connectivity index (χ2v) is 8.89. The smallest absolute Gasteiger partial charge is 0.253 e. The lowest BCUT2D eigenvalue weighted by atomic mass is 10.1. The van der Waals surface area contributed by atoms with E-state index in [1.807, 2.05) is 11.4 Å². The minimum atomic E-state index is -3.55. The molecule has 0 bridgehead atoms. The molecule has 3 N–H and O–H groups in total. The Labute approximate surface area is 158 Å². The van der Waals surface area contributed by atoms with Crippen molar-refractivity contribution in [1.82, 2.24) is 5.32 Å². The SMILES string of the molecule is CC(=O)Nc1ccc(NS(C)(=O)=O)c(C(=O)NCc2cc(Br)cs2)c1. The van der Waals surface area contributed by atoms with Crippen LogP contribution in [0.3, 0.4) is 0 Å². The summed E-state index contributed by atoms with van der Waals surface area (Å²) in [6.07, 6.45) is 1.000. The number of benzene rings is 1. The van der Waals surface area contributed by atoms with Crippen LogP contribution in [-0.2, 0) is 21.4 Å². The molecule has 7 nitrogen and oxygen atoms in total. The maximum absolute atomic E-state index is 12.5. The molecule has 0 radical (unpaired) electrons. The van der Waals surface area contributed by atoms with E-state index in [4.69, 9.17) is 0 Å². The van der Waals surface area contributed by atoms with Crippen molar-refractivity contribution in [1.29, 1.82) is 0 Å². The summed E-state index contributed by atoms with van der Waals surface area (Å²) in [5, 5.41) is 7.20. The Morgan fingerprint density at radius 3 is 2.52 bits per heavy atom. The summed E-state index contributed by atoms with van der Waals surface area (Å²) in [4.78, 5) is 24.6. The predicted molar refractivity (Wildman–Crippen MR) is 102 cm³/mol.